The van der Waals surface area contributed by atoms with Crippen LogP contribution in [0.5, 0.6) is 0 Å². The molecule has 1 saturated heterocycles. The fourth-order valence-corrected chi connectivity index (χ4v) is 3.84. The van der Waals surface area contributed by atoms with Gasteiger partial charge in [-0.05, 0) is 48.8 Å². The highest BCUT2D eigenvalue weighted by molar-refractivity contribution is 7.80. The number of benzene rings is 1. The molecule has 0 bridgehead atoms. The summed E-state index contributed by atoms with van der Waals surface area (Å²) in [6.07, 6.45) is 3.30. The van der Waals surface area contributed by atoms with E-state index in [0.29, 0.717) is 40.7 Å². The van der Waals surface area contributed by atoms with Gasteiger partial charge in [0.1, 0.15) is 0 Å². The Kier molecular flexibility index (Phi) is 6.59. The van der Waals surface area contributed by atoms with Gasteiger partial charge in [-0.15, -0.1) is 0 Å². The van der Waals surface area contributed by atoms with Crippen LogP contribution in [0.1, 0.15) is 18.4 Å². The molecule has 0 radical (unpaired) electrons. The summed E-state index contributed by atoms with van der Waals surface area (Å²) in [7, 11) is 0. The molecule has 138 valence electrons. The highest BCUT2D eigenvalue weighted by Gasteiger charge is 2.34. The first-order valence-corrected chi connectivity index (χ1v) is 9.72. The minimum Gasteiger partial charge on any atom is -0.381 e. The van der Waals surface area contributed by atoms with Crippen LogP contribution < -0.4 is 10.6 Å². The van der Waals surface area contributed by atoms with Gasteiger partial charge < -0.3 is 15.4 Å². The van der Waals surface area contributed by atoms with Crippen molar-refractivity contribution in [2.24, 2.45) is 0 Å². The van der Waals surface area contributed by atoms with Crippen molar-refractivity contribution in [3.63, 3.8) is 0 Å². The summed E-state index contributed by atoms with van der Waals surface area (Å²) < 4.78 is 5.56. The Hall–Kier alpha value is -1.11. The first-order valence-electron chi connectivity index (χ1n) is 8.18. The Morgan fingerprint density at radius 2 is 1.92 bits per heavy atom. The van der Waals surface area contributed by atoms with E-state index in [1.54, 1.807) is 6.07 Å². The van der Waals surface area contributed by atoms with Crippen LogP contribution in [0, 0.1) is 0 Å². The van der Waals surface area contributed by atoms with Gasteiger partial charge in [0, 0.05) is 36.4 Å². The number of aromatic nitrogens is 1. The Labute approximate surface area is 173 Å². The van der Waals surface area contributed by atoms with E-state index in [-0.39, 0.29) is 5.41 Å². The molecular formula is C18H18Cl3N3OS. The van der Waals surface area contributed by atoms with Crippen molar-refractivity contribution < 1.29 is 4.74 Å². The van der Waals surface area contributed by atoms with Crippen LogP contribution >= 0.6 is 47.0 Å². The van der Waals surface area contributed by atoms with E-state index >= 15 is 0 Å². The normalized spacial score (nSPS) is 16.1. The van der Waals surface area contributed by atoms with Crippen LogP contribution in [-0.2, 0) is 10.2 Å². The minimum absolute atomic E-state index is 0.0912. The molecule has 0 saturated carbocycles. The van der Waals surface area contributed by atoms with Crippen LogP contribution in [-0.4, -0.2) is 29.9 Å². The second-order valence-electron chi connectivity index (χ2n) is 6.19. The number of anilines is 1. The van der Waals surface area contributed by atoms with Crippen molar-refractivity contribution in [2.45, 2.75) is 18.3 Å². The number of ether oxygens (including phenoxy) is 1. The largest absolute Gasteiger partial charge is 0.381 e. The number of thiocarbonyl (C=S) groups is 1. The van der Waals surface area contributed by atoms with E-state index in [0.717, 1.165) is 17.9 Å². The van der Waals surface area contributed by atoms with Crippen LogP contribution in [0.15, 0.2) is 36.5 Å². The fraction of sp³-hybridized carbons (Fsp3) is 0.333. The molecule has 2 aromatic rings. The smallest absolute Gasteiger partial charge is 0.172 e. The maximum Gasteiger partial charge on any atom is 0.172 e. The van der Waals surface area contributed by atoms with Gasteiger partial charge in [-0.25, -0.2) is 4.98 Å². The zero-order chi connectivity index (χ0) is 18.6. The summed E-state index contributed by atoms with van der Waals surface area (Å²) in [6, 6.07) is 9.59. The molecule has 0 aliphatic carbocycles. The van der Waals surface area contributed by atoms with Crippen molar-refractivity contribution in [3.8, 4) is 0 Å². The molecule has 26 heavy (non-hydrogen) atoms. The molecule has 1 aromatic carbocycles. The van der Waals surface area contributed by atoms with Crippen LogP contribution in [0.3, 0.4) is 0 Å². The van der Waals surface area contributed by atoms with Crippen LogP contribution in [0.25, 0.3) is 0 Å². The Morgan fingerprint density at radius 1 is 1.15 bits per heavy atom. The molecular weight excluding hydrogens is 413 g/mol. The van der Waals surface area contributed by atoms with Crippen molar-refractivity contribution in [1.29, 1.82) is 0 Å². The van der Waals surface area contributed by atoms with Gasteiger partial charge in [0.25, 0.3) is 0 Å². The van der Waals surface area contributed by atoms with Crippen LogP contribution in [0.4, 0.5) is 5.82 Å². The first kappa shape index (κ1) is 19.6. The highest BCUT2D eigenvalue weighted by Crippen LogP contribution is 2.35. The molecule has 2 N–H and O–H groups in total. The van der Waals surface area contributed by atoms with Crippen LogP contribution in [0.2, 0.25) is 15.1 Å². The van der Waals surface area contributed by atoms with Gasteiger partial charge in [0.2, 0.25) is 0 Å². The van der Waals surface area contributed by atoms with E-state index in [4.69, 9.17) is 51.8 Å². The predicted molar refractivity (Wildman–Crippen MR) is 112 cm³/mol. The number of halogens is 3. The third kappa shape index (κ3) is 4.78. The summed E-state index contributed by atoms with van der Waals surface area (Å²) in [5.41, 5.74) is 1.10. The zero-order valence-electron chi connectivity index (χ0n) is 13.9. The SMILES string of the molecule is S=C(NCC1(c2cccc(Cl)c2)CCOCC1)Nc1ncc(Cl)cc1Cl. The molecule has 0 spiro atoms. The van der Waals surface area contributed by atoms with E-state index in [9.17, 15) is 0 Å². The second kappa shape index (κ2) is 8.72. The molecule has 0 atom stereocenters. The van der Waals surface area contributed by atoms with E-state index < -0.39 is 0 Å². The van der Waals surface area contributed by atoms with Gasteiger partial charge in [-0.1, -0.05) is 46.9 Å². The summed E-state index contributed by atoms with van der Waals surface area (Å²) in [6.45, 7) is 2.08. The summed E-state index contributed by atoms with van der Waals surface area (Å²) in [4.78, 5) is 4.16. The maximum absolute atomic E-state index is 6.20. The number of nitrogens with zero attached hydrogens (tertiary/aromatic N) is 1. The molecule has 1 aromatic heterocycles. The van der Waals surface area contributed by atoms with E-state index in [1.807, 2.05) is 18.2 Å². The molecule has 0 amide bonds. The van der Waals surface area contributed by atoms with Gasteiger partial charge in [0.05, 0.1) is 10.0 Å². The fourth-order valence-electron chi connectivity index (χ4n) is 3.06. The predicted octanol–water partition coefficient (Wildman–Crippen LogP) is 5.08. The van der Waals surface area contributed by atoms with Gasteiger partial charge >= 0.3 is 0 Å². The molecule has 2 heterocycles. The number of rotatable bonds is 4. The lowest BCUT2D eigenvalue weighted by Gasteiger charge is -2.38. The first-order chi connectivity index (χ1) is 12.5. The standard InChI is InChI=1S/C18H18Cl3N3OS/c19-13-3-1-2-12(8-13)18(4-6-25-7-5-18)11-23-17(26)24-16-15(21)9-14(20)10-22-16/h1-3,8-10H,4-7,11H2,(H2,22,23,24,26). The van der Waals surface area contributed by atoms with Crippen molar-refractivity contribution in [2.75, 3.05) is 25.1 Å². The van der Waals surface area contributed by atoms with Crippen molar-refractivity contribution >= 4 is 58.0 Å². The lowest BCUT2D eigenvalue weighted by molar-refractivity contribution is 0.0515. The van der Waals surface area contributed by atoms with Gasteiger partial charge in [0.15, 0.2) is 10.9 Å². The molecule has 3 rings (SSSR count). The van der Waals surface area contributed by atoms with Gasteiger partial charge in [-0.2, -0.15) is 0 Å². The molecule has 4 nitrogen and oxygen atoms in total. The zero-order valence-corrected chi connectivity index (χ0v) is 17.0. The van der Waals surface area contributed by atoms with E-state index in [1.165, 1.54) is 11.8 Å². The molecule has 1 fully saturated rings. The topological polar surface area (TPSA) is 46.2 Å². The molecule has 1 aliphatic rings. The number of hydrogen-bond donors (Lipinski definition) is 2. The van der Waals surface area contributed by atoms with Crippen molar-refractivity contribution in [1.82, 2.24) is 10.3 Å². The summed E-state index contributed by atoms with van der Waals surface area (Å²) in [5.74, 6) is 0.470. The third-order valence-electron chi connectivity index (χ3n) is 4.51. The Balaban J connectivity index is 1.70. The summed E-state index contributed by atoms with van der Waals surface area (Å²) in [5, 5.41) is 8.38. The Morgan fingerprint density at radius 3 is 2.62 bits per heavy atom. The number of nitrogens with one attached hydrogen (secondary N) is 2. The third-order valence-corrected chi connectivity index (χ3v) is 5.49. The van der Waals surface area contributed by atoms with Gasteiger partial charge in [-0.3, -0.25) is 0 Å². The molecule has 1 aliphatic heterocycles. The summed E-state index contributed by atoms with van der Waals surface area (Å²) >= 11 is 23.6. The average Bonchev–Trinajstić information content (AvgIpc) is 2.63. The lowest BCUT2D eigenvalue weighted by atomic mass is 9.74. The van der Waals surface area contributed by atoms with Crippen molar-refractivity contribution in [3.05, 3.63) is 57.2 Å². The minimum atomic E-state index is -0.0912. The maximum atomic E-state index is 6.20. The monoisotopic (exact) mass is 429 g/mol. The second-order valence-corrected chi connectivity index (χ2v) is 7.88. The molecule has 0 unspecified atom stereocenters. The average molecular weight is 431 g/mol. The number of pyridine rings is 1. The lowest BCUT2D eigenvalue weighted by Crippen LogP contribution is -2.45. The quantitative estimate of drug-likeness (QED) is 0.663. The molecule has 8 heteroatoms. The Bertz CT molecular complexity index is 797. The number of hydrogen-bond acceptors (Lipinski definition) is 3. The van der Waals surface area contributed by atoms with E-state index in [2.05, 4.69) is 21.7 Å². The highest BCUT2D eigenvalue weighted by atomic mass is 35.5.